The highest BCUT2D eigenvalue weighted by Gasteiger charge is 2.08. The number of amidine groups is 1. The standard InChI is InChI=1S/C8H18N2O3/c1-3-12-8(13-4-2)6-5-7(9)10-11/h8,11H,3-6H2,1-2H3,(H2,9,10). The second-order valence-corrected chi connectivity index (χ2v) is 2.47. The zero-order valence-corrected chi connectivity index (χ0v) is 8.19. The molecule has 5 nitrogen and oxygen atoms in total. The van der Waals surface area contributed by atoms with Gasteiger partial charge in [0.25, 0.3) is 0 Å². The molecule has 0 aliphatic carbocycles. The van der Waals surface area contributed by atoms with E-state index in [2.05, 4.69) is 5.16 Å². The molecule has 0 saturated carbocycles. The smallest absolute Gasteiger partial charge is 0.157 e. The highest BCUT2D eigenvalue weighted by molar-refractivity contribution is 5.79. The van der Waals surface area contributed by atoms with Gasteiger partial charge in [-0.3, -0.25) is 0 Å². The van der Waals surface area contributed by atoms with Crippen molar-refractivity contribution in [1.82, 2.24) is 0 Å². The first-order chi connectivity index (χ1) is 6.24. The molecule has 0 atom stereocenters. The lowest BCUT2D eigenvalue weighted by atomic mass is 10.3. The Morgan fingerprint density at radius 1 is 1.38 bits per heavy atom. The Hall–Kier alpha value is -0.810. The molecule has 0 fully saturated rings. The summed E-state index contributed by atoms with van der Waals surface area (Å²) in [7, 11) is 0. The number of hydrogen-bond donors (Lipinski definition) is 2. The Balaban J connectivity index is 3.67. The van der Waals surface area contributed by atoms with Crippen molar-refractivity contribution in [2.45, 2.75) is 33.0 Å². The van der Waals surface area contributed by atoms with Crippen molar-refractivity contribution in [2.24, 2.45) is 10.9 Å². The van der Waals surface area contributed by atoms with Crippen LogP contribution in [0.1, 0.15) is 26.7 Å². The van der Waals surface area contributed by atoms with Crippen molar-refractivity contribution < 1.29 is 14.7 Å². The Morgan fingerprint density at radius 3 is 2.31 bits per heavy atom. The largest absolute Gasteiger partial charge is 0.409 e. The minimum Gasteiger partial charge on any atom is -0.409 e. The molecule has 78 valence electrons. The maximum absolute atomic E-state index is 8.29. The van der Waals surface area contributed by atoms with Gasteiger partial charge in [0, 0.05) is 26.1 Å². The number of oxime groups is 1. The van der Waals surface area contributed by atoms with E-state index < -0.39 is 0 Å². The van der Waals surface area contributed by atoms with E-state index in [0.29, 0.717) is 26.1 Å². The van der Waals surface area contributed by atoms with Crippen molar-refractivity contribution in [2.75, 3.05) is 13.2 Å². The van der Waals surface area contributed by atoms with E-state index in [1.54, 1.807) is 0 Å². The van der Waals surface area contributed by atoms with E-state index in [1.807, 2.05) is 13.8 Å². The van der Waals surface area contributed by atoms with Crippen LogP contribution in [0, 0.1) is 0 Å². The van der Waals surface area contributed by atoms with Crippen LogP contribution in [0.25, 0.3) is 0 Å². The van der Waals surface area contributed by atoms with Crippen LogP contribution in [0.4, 0.5) is 0 Å². The van der Waals surface area contributed by atoms with E-state index in [4.69, 9.17) is 20.4 Å². The van der Waals surface area contributed by atoms with Gasteiger partial charge in [-0.1, -0.05) is 5.16 Å². The van der Waals surface area contributed by atoms with Crippen LogP contribution < -0.4 is 5.73 Å². The van der Waals surface area contributed by atoms with Crippen LogP contribution in [0.2, 0.25) is 0 Å². The van der Waals surface area contributed by atoms with Gasteiger partial charge in [-0.05, 0) is 13.8 Å². The number of rotatable bonds is 7. The van der Waals surface area contributed by atoms with Gasteiger partial charge in [-0.2, -0.15) is 0 Å². The molecule has 0 bridgehead atoms. The lowest BCUT2D eigenvalue weighted by molar-refractivity contribution is -0.138. The van der Waals surface area contributed by atoms with Crippen molar-refractivity contribution in [3.63, 3.8) is 0 Å². The summed E-state index contributed by atoms with van der Waals surface area (Å²) in [5.41, 5.74) is 5.30. The van der Waals surface area contributed by atoms with Gasteiger partial charge < -0.3 is 20.4 Å². The van der Waals surface area contributed by atoms with Gasteiger partial charge in [-0.25, -0.2) is 0 Å². The summed E-state index contributed by atoms with van der Waals surface area (Å²) >= 11 is 0. The zero-order valence-electron chi connectivity index (χ0n) is 8.19. The minimum atomic E-state index is -0.254. The average molecular weight is 190 g/mol. The van der Waals surface area contributed by atoms with Crippen LogP contribution in [0.5, 0.6) is 0 Å². The summed E-state index contributed by atoms with van der Waals surface area (Å²) in [5, 5.41) is 11.2. The number of ether oxygens (including phenoxy) is 2. The Labute approximate surface area is 78.5 Å². The number of hydrogen-bond acceptors (Lipinski definition) is 4. The molecule has 0 amide bonds. The van der Waals surface area contributed by atoms with Crippen molar-refractivity contribution in [1.29, 1.82) is 0 Å². The summed E-state index contributed by atoms with van der Waals surface area (Å²) in [6.07, 6.45) is 0.828. The molecule has 0 aromatic heterocycles. The predicted octanol–water partition coefficient (Wildman–Crippen LogP) is 0.912. The molecule has 0 aliphatic heterocycles. The quantitative estimate of drug-likeness (QED) is 0.206. The van der Waals surface area contributed by atoms with Gasteiger partial charge in [0.2, 0.25) is 0 Å². The second-order valence-electron chi connectivity index (χ2n) is 2.47. The van der Waals surface area contributed by atoms with E-state index in [1.165, 1.54) is 0 Å². The molecule has 0 aromatic rings. The Morgan fingerprint density at radius 2 is 1.92 bits per heavy atom. The fourth-order valence-corrected chi connectivity index (χ4v) is 0.902. The number of nitrogens with zero attached hydrogens (tertiary/aromatic N) is 1. The molecular formula is C8H18N2O3. The zero-order chi connectivity index (χ0) is 10.1. The van der Waals surface area contributed by atoms with Crippen LogP contribution in [-0.2, 0) is 9.47 Å². The SMILES string of the molecule is CCOC(CC/C(N)=N\O)OCC. The fourth-order valence-electron chi connectivity index (χ4n) is 0.902. The van der Waals surface area contributed by atoms with E-state index in [-0.39, 0.29) is 12.1 Å². The topological polar surface area (TPSA) is 77.1 Å². The van der Waals surface area contributed by atoms with E-state index in [0.717, 1.165) is 0 Å². The molecule has 13 heavy (non-hydrogen) atoms. The Kier molecular flexibility index (Phi) is 7.33. The summed E-state index contributed by atoms with van der Waals surface area (Å²) in [5.74, 6) is 0.199. The van der Waals surface area contributed by atoms with Gasteiger partial charge >= 0.3 is 0 Å². The molecule has 0 spiro atoms. The third-order valence-electron chi connectivity index (χ3n) is 1.47. The van der Waals surface area contributed by atoms with Crippen LogP contribution in [0.3, 0.4) is 0 Å². The van der Waals surface area contributed by atoms with Crippen LogP contribution in [0.15, 0.2) is 5.16 Å². The Bertz CT molecular complexity index is 144. The van der Waals surface area contributed by atoms with Crippen molar-refractivity contribution >= 4 is 5.84 Å². The summed E-state index contributed by atoms with van der Waals surface area (Å²) in [6.45, 7) is 4.99. The summed E-state index contributed by atoms with van der Waals surface area (Å²) in [6, 6.07) is 0. The highest BCUT2D eigenvalue weighted by Crippen LogP contribution is 2.04. The molecule has 3 N–H and O–H groups in total. The van der Waals surface area contributed by atoms with E-state index in [9.17, 15) is 0 Å². The predicted molar refractivity (Wildman–Crippen MR) is 49.7 cm³/mol. The molecule has 0 aliphatic rings. The maximum Gasteiger partial charge on any atom is 0.157 e. The lowest BCUT2D eigenvalue weighted by Gasteiger charge is -2.15. The monoisotopic (exact) mass is 190 g/mol. The molecule has 5 heteroatoms. The summed E-state index contributed by atoms with van der Waals surface area (Å²) in [4.78, 5) is 0. The van der Waals surface area contributed by atoms with Crippen molar-refractivity contribution in [3.8, 4) is 0 Å². The number of nitrogens with two attached hydrogens (primary N) is 1. The molecule has 0 saturated heterocycles. The molecule has 0 unspecified atom stereocenters. The van der Waals surface area contributed by atoms with Crippen molar-refractivity contribution in [3.05, 3.63) is 0 Å². The highest BCUT2D eigenvalue weighted by atomic mass is 16.7. The van der Waals surface area contributed by atoms with Gasteiger partial charge in [0.1, 0.15) is 5.84 Å². The first-order valence-corrected chi connectivity index (χ1v) is 4.44. The molecule has 0 heterocycles. The maximum atomic E-state index is 8.29. The van der Waals surface area contributed by atoms with Gasteiger partial charge in [0.05, 0.1) is 0 Å². The average Bonchev–Trinajstić information content (AvgIpc) is 2.14. The first-order valence-electron chi connectivity index (χ1n) is 4.44. The molecule has 0 rings (SSSR count). The molecule has 0 radical (unpaired) electrons. The van der Waals surface area contributed by atoms with Gasteiger partial charge in [0.15, 0.2) is 6.29 Å². The summed E-state index contributed by atoms with van der Waals surface area (Å²) < 4.78 is 10.5. The normalized spacial score (nSPS) is 12.4. The third-order valence-corrected chi connectivity index (χ3v) is 1.47. The van der Waals surface area contributed by atoms with E-state index >= 15 is 0 Å². The third kappa shape index (κ3) is 6.36. The molecular weight excluding hydrogens is 172 g/mol. The van der Waals surface area contributed by atoms with Crippen LogP contribution >= 0.6 is 0 Å². The minimum absolute atomic E-state index is 0.199. The second kappa shape index (κ2) is 7.82. The fraction of sp³-hybridized carbons (Fsp3) is 0.875. The molecule has 0 aromatic carbocycles. The first kappa shape index (κ1) is 12.2. The van der Waals surface area contributed by atoms with Crippen LogP contribution in [-0.4, -0.2) is 30.5 Å². The van der Waals surface area contributed by atoms with Gasteiger partial charge in [-0.15, -0.1) is 0 Å². The lowest BCUT2D eigenvalue weighted by Crippen LogP contribution is -2.21.